The van der Waals surface area contributed by atoms with E-state index in [1.165, 1.54) is 0 Å². The number of hydrogen-bond donors (Lipinski definition) is 2. The van der Waals surface area contributed by atoms with Gasteiger partial charge in [0.05, 0.1) is 0 Å². The van der Waals surface area contributed by atoms with Crippen LogP contribution in [-0.2, 0) is 13.1 Å². The summed E-state index contributed by atoms with van der Waals surface area (Å²) in [6, 6.07) is 11.2. The molecule has 23 heavy (non-hydrogen) atoms. The van der Waals surface area contributed by atoms with E-state index in [0.717, 1.165) is 22.6 Å². The summed E-state index contributed by atoms with van der Waals surface area (Å²) in [7, 11) is 0. The Morgan fingerprint density at radius 1 is 1.00 bits per heavy atom. The molecule has 7 heteroatoms. The van der Waals surface area contributed by atoms with E-state index in [4.69, 9.17) is 44.9 Å². The van der Waals surface area contributed by atoms with Crippen LogP contribution in [0.1, 0.15) is 11.1 Å². The van der Waals surface area contributed by atoms with E-state index in [9.17, 15) is 0 Å². The molecular weight excluding hydrogens is 355 g/mol. The first-order valence-corrected chi connectivity index (χ1v) is 8.12. The lowest BCUT2D eigenvalue weighted by atomic mass is 10.2. The van der Waals surface area contributed by atoms with E-state index in [2.05, 4.69) is 10.6 Å². The van der Waals surface area contributed by atoms with Gasteiger partial charge in [-0.3, -0.25) is 0 Å². The maximum Gasteiger partial charge on any atom is 0.231 e. The normalized spacial score (nSPS) is 12.1. The molecule has 0 spiro atoms. The van der Waals surface area contributed by atoms with Gasteiger partial charge in [0.2, 0.25) is 6.79 Å². The Morgan fingerprint density at radius 3 is 2.61 bits per heavy atom. The summed E-state index contributed by atoms with van der Waals surface area (Å²) in [4.78, 5) is 0. The van der Waals surface area contributed by atoms with Gasteiger partial charge in [0.15, 0.2) is 16.6 Å². The summed E-state index contributed by atoms with van der Waals surface area (Å²) in [5.74, 6) is 1.53. The maximum atomic E-state index is 6.13. The van der Waals surface area contributed by atoms with Crippen LogP contribution < -0.4 is 20.1 Å². The summed E-state index contributed by atoms with van der Waals surface area (Å²) in [6.45, 7) is 1.40. The van der Waals surface area contributed by atoms with Crippen molar-refractivity contribution in [3.8, 4) is 11.5 Å². The average molecular weight is 369 g/mol. The zero-order valence-corrected chi connectivity index (χ0v) is 14.4. The number of fused-ring (bicyclic) bond motifs is 1. The van der Waals surface area contributed by atoms with E-state index in [1.54, 1.807) is 12.1 Å². The van der Waals surface area contributed by atoms with Gasteiger partial charge in [0.25, 0.3) is 0 Å². The monoisotopic (exact) mass is 368 g/mol. The topological polar surface area (TPSA) is 42.5 Å². The molecule has 4 nitrogen and oxygen atoms in total. The lowest BCUT2D eigenvalue weighted by Crippen LogP contribution is -2.34. The first-order valence-electron chi connectivity index (χ1n) is 6.96. The Labute approximate surface area is 149 Å². The second kappa shape index (κ2) is 7.25. The molecule has 0 fully saturated rings. The van der Waals surface area contributed by atoms with E-state index in [1.807, 2.05) is 24.3 Å². The van der Waals surface area contributed by atoms with Gasteiger partial charge in [-0.1, -0.05) is 35.3 Å². The molecule has 0 radical (unpaired) electrons. The molecule has 3 rings (SSSR count). The number of halogens is 2. The molecule has 0 amide bonds. The molecule has 1 heterocycles. The molecular formula is C16H14Cl2N2O2S. The molecule has 1 aliphatic heterocycles. The van der Waals surface area contributed by atoms with Crippen molar-refractivity contribution in [1.29, 1.82) is 0 Å². The number of ether oxygens (including phenoxy) is 2. The molecule has 2 N–H and O–H groups in total. The van der Waals surface area contributed by atoms with Crippen LogP contribution in [0.5, 0.6) is 11.5 Å². The molecule has 0 atom stereocenters. The van der Waals surface area contributed by atoms with Gasteiger partial charge in [-0.15, -0.1) is 0 Å². The largest absolute Gasteiger partial charge is 0.454 e. The van der Waals surface area contributed by atoms with Crippen molar-refractivity contribution in [1.82, 2.24) is 10.6 Å². The van der Waals surface area contributed by atoms with Gasteiger partial charge >= 0.3 is 0 Å². The summed E-state index contributed by atoms with van der Waals surface area (Å²) in [5, 5.41) is 8.04. The highest BCUT2D eigenvalue weighted by Gasteiger charge is 2.13. The number of benzene rings is 2. The first kappa shape index (κ1) is 16.2. The van der Waals surface area contributed by atoms with E-state index in [0.29, 0.717) is 28.2 Å². The van der Waals surface area contributed by atoms with Crippen LogP contribution in [0, 0.1) is 0 Å². The zero-order valence-electron chi connectivity index (χ0n) is 12.1. The van der Waals surface area contributed by atoms with Crippen LogP contribution in [0.4, 0.5) is 0 Å². The lowest BCUT2D eigenvalue weighted by Gasteiger charge is -2.12. The smallest absolute Gasteiger partial charge is 0.231 e. The van der Waals surface area contributed by atoms with Crippen molar-refractivity contribution in [2.24, 2.45) is 0 Å². The highest BCUT2D eigenvalue weighted by Crippen LogP contribution is 2.32. The minimum absolute atomic E-state index is 0.272. The second-order valence-corrected chi connectivity index (χ2v) is 6.21. The van der Waals surface area contributed by atoms with Crippen LogP contribution in [-0.4, -0.2) is 11.9 Å². The van der Waals surface area contributed by atoms with Gasteiger partial charge in [-0.05, 0) is 47.6 Å². The number of rotatable bonds is 4. The fourth-order valence-corrected chi connectivity index (χ4v) is 2.76. The van der Waals surface area contributed by atoms with E-state index in [-0.39, 0.29) is 6.79 Å². The van der Waals surface area contributed by atoms with Crippen LogP contribution in [0.15, 0.2) is 36.4 Å². The molecule has 0 aliphatic carbocycles. The first-order chi connectivity index (χ1) is 11.1. The molecule has 1 aliphatic rings. The van der Waals surface area contributed by atoms with Gasteiger partial charge in [-0.25, -0.2) is 0 Å². The van der Waals surface area contributed by atoms with Crippen LogP contribution in [0.3, 0.4) is 0 Å². The lowest BCUT2D eigenvalue weighted by molar-refractivity contribution is 0.174. The quantitative estimate of drug-likeness (QED) is 0.801. The summed E-state index contributed by atoms with van der Waals surface area (Å²) in [5.41, 5.74) is 1.99. The Bertz CT molecular complexity index is 740. The van der Waals surface area contributed by atoms with E-state index < -0.39 is 0 Å². The molecule has 2 aromatic carbocycles. The average Bonchev–Trinajstić information content (AvgIpc) is 2.99. The fraction of sp³-hybridized carbons (Fsp3) is 0.188. The second-order valence-electron chi connectivity index (χ2n) is 4.96. The molecule has 0 saturated carbocycles. The fourth-order valence-electron chi connectivity index (χ4n) is 2.14. The number of nitrogens with one attached hydrogen (secondary N) is 2. The summed E-state index contributed by atoms with van der Waals surface area (Å²) in [6.07, 6.45) is 0. The molecule has 0 bridgehead atoms. The Morgan fingerprint density at radius 2 is 1.78 bits per heavy atom. The third-order valence-corrected chi connectivity index (χ3v) is 4.22. The van der Waals surface area contributed by atoms with Crippen LogP contribution >= 0.6 is 35.4 Å². The molecule has 0 saturated heterocycles. The predicted molar refractivity (Wildman–Crippen MR) is 95.3 cm³/mol. The molecule has 0 unspecified atom stereocenters. The van der Waals surface area contributed by atoms with Gasteiger partial charge in [0.1, 0.15) is 0 Å². The van der Waals surface area contributed by atoms with Crippen molar-refractivity contribution >= 4 is 40.5 Å². The standard InChI is InChI=1S/C16H14Cl2N2O2S/c17-12-3-2-11(13(18)6-12)8-20-16(23)19-7-10-1-4-14-15(5-10)22-9-21-14/h1-6H,7-9H2,(H2,19,20,23). The Kier molecular flexibility index (Phi) is 5.10. The maximum absolute atomic E-state index is 6.13. The predicted octanol–water partition coefficient (Wildman–Crippen LogP) is 3.89. The van der Waals surface area contributed by atoms with Crippen LogP contribution in [0.2, 0.25) is 10.0 Å². The summed E-state index contributed by atoms with van der Waals surface area (Å²) < 4.78 is 10.6. The highest BCUT2D eigenvalue weighted by molar-refractivity contribution is 7.80. The number of hydrogen-bond acceptors (Lipinski definition) is 3. The minimum atomic E-state index is 0.272. The summed E-state index contributed by atoms with van der Waals surface area (Å²) >= 11 is 17.3. The third-order valence-electron chi connectivity index (χ3n) is 3.34. The van der Waals surface area contributed by atoms with E-state index >= 15 is 0 Å². The van der Waals surface area contributed by atoms with Gasteiger partial charge in [-0.2, -0.15) is 0 Å². The highest BCUT2D eigenvalue weighted by atomic mass is 35.5. The zero-order chi connectivity index (χ0) is 16.2. The molecule has 0 aromatic heterocycles. The van der Waals surface area contributed by atoms with Crippen LogP contribution in [0.25, 0.3) is 0 Å². The van der Waals surface area contributed by atoms with Gasteiger partial charge in [0, 0.05) is 23.1 Å². The molecule has 120 valence electrons. The van der Waals surface area contributed by atoms with Crippen molar-refractivity contribution < 1.29 is 9.47 Å². The number of thiocarbonyl (C=S) groups is 1. The minimum Gasteiger partial charge on any atom is -0.454 e. The SMILES string of the molecule is S=C(NCc1ccc2c(c1)OCO2)NCc1ccc(Cl)cc1Cl. The Balaban J connectivity index is 1.50. The van der Waals surface area contributed by atoms with Gasteiger partial charge < -0.3 is 20.1 Å². The van der Waals surface area contributed by atoms with Crippen molar-refractivity contribution in [2.75, 3.05) is 6.79 Å². The third kappa shape index (κ3) is 4.19. The van der Waals surface area contributed by atoms with Crippen molar-refractivity contribution in [2.45, 2.75) is 13.1 Å². The van der Waals surface area contributed by atoms with Crippen molar-refractivity contribution in [3.63, 3.8) is 0 Å². The van der Waals surface area contributed by atoms with Crippen molar-refractivity contribution in [3.05, 3.63) is 57.6 Å². The Hall–Kier alpha value is -1.69. The molecule has 2 aromatic rings.